The molecule has 1 aromatic heterocycles. The number of rotatable bonds is 1. The maximum atomic E-state index is 9.89. The van der Waals surface area contributed by atoms with Crippen LogP contribution in [0.5, 0.6) is 0 Å². The van der Waals surface area contributed by atoms with Crippen molar-refractivity contribution in [2.75, 3.05) is 5.73 Å². The molecule has 0 saturated carbocycles. The molecule has 3 rings (SSSR count). The number of anilines is 1. The van der Waals surface area contributed by atoms with Crippen LogP contribution >= 0.6 is 0 Å². The van der Waals surface area contributed by atoms with Gasteiger partial charge in [-0.15, -0.1) is 0 Å². The summed E-state index contributed by atoms with van der Waals surface area (Å²) in [6.07, 6.45) is 3.19. The summed E-state index contributed by atoms with van der Waals surface area (Å²) in [6.45, 7) is 0.913. The van der Waals surface area contributed by atoms with Crippen LogP contribution in [0.25, 0.3) is 11.4 Å². The smallest absolute Gasteiger partial charge is 0.140 e. The highest BCUT2D eigenvalue weighted by molar-refractivity contribution is 5.62. The second kappa shape index (κ2) is 3.89. The normalized spacial score (nSPS) is 19.0. The van der Waals surface area contributed by atoms with E-state index in [2.05, 4.69) is 9.55 Å². The first-order chi connectivity index (χ1) is 8.25. The van der Waals surface area contributed by atoms with Crippen molar-refractivity contribution in [3.63, 3.8) is 0 Å². The quantitative estimate of drug-likeness (QED) is 0.735. The molecular formula is C13H15N3O. The zero-order valence-corrected chi connectivity index (χ0v) is 9.50. The van der Waals surface area contributed by atoms with Crippen molar-refractivity contribution in [3.05, 3.63) is 36.2 Å². The number of hydrogen-bond acceptors (Lipinski definition) is 3. The Morgan fingerprint density at radius 3 is 3.12 bits per heavy atom. The van der Waals surface area contributed by atoms with Crippen LogP contribution in [0.1, 0.15) is 24.6 Å². The lowest BCUT2D eigenvalue weighted by molar-refractivity contribution is 0.139. The van der Waals surface area contributed by atoms with E-state index < -0.39 is 0 Å². The largest absolute Gasteiger partial charge is 0.399 e. The molecule has 1 aromatic carbocycles. The summed E-state index contributed by atoms with van der Waals surface area (Å²) in [6, 6.07) is 7.69. The first-order valence-corrected chi connectivity index (χ1v) is 5.85. The molecule has 0 fully saturated rings. The number of fused-ring (bicyclic) bond motifs is 1. The first-order valence-electron chi connectivity index (χ1n) is 5.85. The van der Waals surface area contributed by atoms with Crippen molar-refractivity contribution < 1.29 is 5.11 Å². The van der Waals surface area contributed by atoms with Crippen LogP contribution < -0.4 is 5.73 Å². The Balaban J connectivity index is 2.10. The summed E-state index contributed by atoms with van der Waals surface area (Å²) in [4.78, 5) is 4.41. The molecule has 0 saturated heterocycles. The second-order valence-corrected chi connectivity index (χ2v) is 4.44. The maximum absolute atomic E-state index is 9.89. The van der Waals surface area contributed by atoms with Gasteiger partial charge in [0, 0.05) is 17.8 Å². The van der Waals surface area contributed by atoms with Gasteiger partial charge in [-0.1, -0.05) is 12.1 Å². The zero-order valence-electron chi connectivity index (χ0n) is 9.50. The predicted octanol–water partition coefficient (Wildman–Crippen LogP) is 1.96. The SMILES string of the molecule is Nc1cccc(-c2ncc3n2CCCC3O)c1. The van der Waals surface area contributed by atoms with E-state index in [0.29, 0.717) is 0 Å². The number of nitrogen functional groups attached to an aromatic ring is 1. The summed E-state index contributed by atoms with van der Waals surface area (Å²) in [5.41, 5.74) is 8.43. The van der Waals surface area contributed by atoms with E-state index in [1.165, 1.54) is 0 Å². The van der Waals surface area contributed by atoms with Gasteiger partial charge in [-0.25, -0.2) is 4.98 Å². The molecule has 88 valence electrons. The van der Waals surface area contributed by atoms with E-state index in [0.717, 1.165) is 42.2 Å². The summed E-state index contributed by atoms with van der Waals surface area (Å²) >= 11 is 0. The summed E-state index contributed by atoms with van der Waals surface area (Å²) in [5, 5.41) is 9.89. The van der Waals surface area contributed by atoms with E-state index in [-0.39, 0.29) is 6.10 Å². The topological polar surface area (TPSA) is 64.1 Å². The molecule has 1 aliphatic rings. The van der Waals surface area contributed by atoms with Crippen LogP contribution in [0.3, 0.4) is 0 Å². The molecular weight excluding hydrogens is 214 g/mol. The Kier molecular flexibility index (Phi) is 2.37. The molecule has 1 atom stereocenters. The number of aliphatic hydroxyl groups excluding tert-OH is 1. The molecule has 17 heavy (non-hydrogen) atoms. The van der Waals surface area contributed by atoms with Crippen LogP contribution in [-0.2, 0) is 6.54 Å². The number of nitrogens with two attached hydrogens (primary N) is 1. The minimum atomic E-state index is -0.383. The molecule has 3 N–H and O–H groups in total. The Morgan fingerprint density at radius 1 is 1.41 bits per heavy atom. The van der Waals surface area contributed by atoms with Gasteiger partial charge in [0.2, 0.25) is 0 Å². The molecule has 4 heteroatoms. The third kappa shape index (κ3) is 1.70. The summed E-state index contributed by atoms with van der Waals surface area (Å²) in [7, 11) is 0. The van der Waals surface area contributed by atoms with Crippen LogP contribution in [0, 0.1) is 0 Å². The van der Waals surface area contributed by atoms with Crippen LogP contribution in [0.4, 0.5) is 5.69 Å². The van der Waals surface area contributed by atoms with Crippen molar-refractivity contribution in [2.24, 2.45) is 0 Å². The molecule has 0 bridgehead atoms. The summed E-state index contributed by atoms with van der Waals surface area (Å²) in [5.74, 6) is 0.894. The molecule has 4 nitrogen and oxygen atoms in total. The molecule has 0 spiro atoms. The van der Waals surface area contributed by atoms with Crippen molar-refractivity contribution in [1.29, 1.82) is 0 Å². The van der Waals surface area contributed by atoms with Crippen molar-refractivity contribution >= 4 is 5.69 Å². The average molecular weight is 229 g/mol. The number of nitrogens with zero attached hydrogens (tertiary/aromatic N) is 2. The van der Waals surface area contributed by atoms with E-state index in [1.54, 1.807) is 6.20 Å². The molecule has 2 heterocycles. The zero-order chi connectivity index (χ0) is 11.8. The minimum Gasteiger partial charge on any atom is -0.399 e. The van der Waals surface area contributed by atoms with Crippen LogP contribution in [0.2, 0.25) is 0 Å². The van der Waals surface area contributed by atoms with Gasteiger partial charge in [0.25, 0.3) is 0 Å². The second-order valence-electron chi connectivity index (χ2n) is 4.44. The Labute approximate surface area is 99.7 Å². The van der Waals surface area contributed by atoms with Gasteiger partial charge in [0.15, 0.2) is 0 Å². The molecule has 2 aromatic rings. The third-order valence-electron chi connectivity index (χ3n) is 3.23. The first kappa shape index (κ1) is 10.4. The number of hydrogen-bond donors (Lipinski definition) is 2. The number of aromatic nitrogens is 2. The fraction of sp³-hybridized carbons (Fsp3) is 0.308. The van der Waals surface area contributed by atoms with Gasteiger partial charge >= 0.3 is 0 Å². The van der Waals surface area contributed by atoms with Gasteiger partial charge in [0.1, 0.15) is 5.82 Å². The van der Waals surface area contributed by atoms with E-state index in [9.17, 15) is 5.11 Å². The highest BCUT2D eigenvalue weighted by Gasteiger charge is 2.21. The molecule has 0 aliphatic carbocycles. The third-order valence-corrected chi connectivity index (χ3v) is 3.23. The van der Waals surface area contributed by atoms with Gasteiger partial charge in [0.05, 0.1) is 18.0 Å². The van der Waals surface area contributed by atoms with Crippen molar-refractivity contribution in [1.82, 2.24) is 9.55 Å². The number of benzene rings is 1. The molecule has 0 radical (unpaired) electrons. The fourth-order valence-electron chi connectivity index (χ4n) is 2.39. The average Bonchev–Trinajstić information content (AvgIpc) is 2.74. The van der Waals surface area contributed by atoms with Crippen LogP contribution in [0.15, 0.2) is 30.5 Å². The Bertz CT molecular complexity index is 547. The van der Waals surface area contributed by atoms with Gasteiger partial charge in [-0.05, 0) is 25.0 Å². The van der Waals surface area contributed by atoms with E-state index in [4.69, 9.17) is 5.73 Å². The van der Waals surface area contributed by atoms with Crippen molar-refractivity contribution in [2.45, 2.75) is 25.5 Å². The Hall–Kier alpha value is -1.81. The van der Waals surface area contributed by atoms with E-state index >= 15 is 0 Å². The highest BCUT2D eigenvalue weighted by atomic mass is 16.3. The molecule has 1 aliphatic heterocycles. The summed E-state index contributed by atoms with van der Waals surface area (Å²) < 4.78 is 2.09. The number of imidazole rings is 1. The number of aliphatic hydroxyl groups is 1. The van der Waals surface area contributed by atoms with Gasteiger partial charge in [-0.3, -0.25) is 0 Å². The van der Waals surface area contributed by atoms with Crippen molar-refractivity contribution in [3.8, 4) is 11.4 Å². The Morgan fingerprint density at radius 2 is 2.29 bits per heavy atom. The fourth-order valence-corrected chi connectivity index (χ4v) is 2.39. The lowest BCUT2D eigenvalue weighted by atomic mass is 10.1. The monoisotopic (exact) mass is 229 g/mol. The van der Waals surface area contributed by atoms with E-state index in [1.807, 2.05) is 24.3 Å². The molecule has 1 unspecified atom stereocenters. The maximum Gasteiger partial charge on any atom is 0.140 e. The lowest BCUT2D eigenvalue weighted by Crippen LogP contribution is -2.15. The predicted molar refractivity (Wildman–Crippen MR) is 66.3 cm³/mol. The highest BCUT2D eigenvalue weighted by Crippen LogP contribution is 2.30. The van der Waals surface area contributed by atoms with Gasteiger partial charge in [-0.2, -0.15) is 0 Å². The minimum absolute atomic E-state index is 0.383. The van der Waals surface area contributed by atoms with Gasteiger partial charge < -0.3 is 15.4 Å². The molecule has 0 amide bonds. The standard InChI is InChI=1S/C13H15N3O/c14-10-4-1-3-9(7-10)13-15-8-11-12(17)5-2-6-16(11)13/h1,3-4,7-8,12,17H,2,5-6,14H2. The lowest BCUT2D eigenvalue weighted by Gasteiger charge is -2.21. The van der Waals surface area contributed by atoms with Crippen LogP contribution in [-0.4, -0.2) is 14.7 Å².